The molecule has 2 aliphatic rings. The van der Waals surface area contributed by atoms with Crippen LogP contribution in [0.3, 0.4) is 0 Å². The van der Waals surface area contributed by atoms with Crippen molar-refractivity contribution in [2.75, 3.05) is 13.7 Å². The van der Waals surface area contributed by atoms with Crippen molar-refractivity contribution in [1.82, 2.24) is 0 Å². The van der Waals surface area contributed by atoms with Crippen molar-refractivity contribution < 1.29 is 33.3 Å². The highest BCUT2D eigenvalue weighted by molar-refractivity contribution is 5.89. The zero-order chi connectivity index (χ0) is 21.3. The van der Waals surface area contributed by atoms with Gasteiger partial charge >= 0.3 is 11.9 Å². The van der Waals surface area contributed by atoms with E-state index < -0.39 is 29.9 Å². The van der Waals surface area contributed by atoms with Gasteiger partial charge in [0.05, 0.1) is 18.2 Å². The third kappa shape index (κ3) is 4.09. The minimum atomic E-state index is -0.773. The van der Waals surface area contributed by atoms with Gasteiger partial charge in [-0.2, -0.15) is 0 Å². The zero-order valence-corrected chi connectivity index (χ0v) is 17.1. The summed E-state index contributed by atoms with van der Waals surface area (Å²) in [6.07, 6.45) is -1.63. The fourth-order valence-electron chi connectivity index (χ4n) is 3.83. The molecule has 2 aliphatic heterocycles. The molecule has 0 aromatic heterocycles. The Balaban J connectivity index is 1.49. The molecule has 0 radical (unpaired) electrons. The first kappa shape index (κ1) is 20.5. The molecule has 0 amide bonds. The molecule has 30 heavy (non-hydrogen) atoms. The lowest BCUT2D eigenvalue weighted by Gasteiger charge is -2.24. The van der Waals surface area contributed by atoms with Gasteiger partial charge in [0.2, 0.25) is 0 Å². The van der Waals surface area contributed by atoms with Crippen LogP contribution in [0.5, 0.6) is 0 Å². The Labute approximate surface area is 174 Å². The van der Waals surface area contributed by atoms with Gasteiger partial charge < -0.3 is 23.7 Å². The Bertz CT molecular complexity index is 907. The van der Waals surface area contributed by atoms with E-state index >= 15 is 0 Å². The Morgan fingerprint density at radius 3 is 2.20 bits per heavy atom. The van der Waals surface area contributed by atoms with E-state index in [-0.39, 0.29) is 18.8 Å². The molecule has 2 saturated heterocycles. The van der Waals surface area contributed by atoms with Crippen LogP contribution >= 0.6 is 0 Å². The maximum atomic E-state index is 12.3. The average molecular weight is 412 g/mol. The molecular weight excluding hydrogens is 388 g/mol. The molecule has 2 fully saturated rings. The molecule has 0 N–H and O–H groups in total. The number of hydrogen-bond donors (Lipinski definition) is 0. The summed E-state index contributed by atoms with van der Waals surface area (Å²) in [5.41, 5.74) is 1.77. The van der Waals surface area contributed by atoms with Crippen molar-refractivity contribution in [1.29, 1.82) is 0 Å². The smallest absolute Gasteiger partial charge is 0.338 e. The number of hydrogen-bond acceptors (Lipinski definition) is 7. The van der Waals surface area contributed by atoms with Gasteiger partial charge in [-0.1, -0.05) is 30.3 Å². The highest BCUT2D eigenvalue weighted by Gasteiger charge is 2.55. The maximum absolute atomic E-state index is 12.3. The van der Waals surface area contributed by atoms with Gasteiger partial charge in [-0.25, -0.2) is 9.59 Å². The standard InChI is InChI=1S/C23H24O7/c1-23(2)29-19-17(13-27-22(25)15-7-5-4-6-8-15)28-18(20(19)30-23)14-9-11-16(12-10-14)21(24)26-3/h4-12,17-20H,13H2,1-3H3/t17-,18+,19-,20+/m1/s1. The van der Waals surface area contributed by atoms with E-state index in [1.807, 2.05) is 19.9 Å². The van der Waals surface area contributed by atoms with Crippen LogP contribution in [-0.2, 0) is 23.7 Å². The van der Waals surface area contributed by atoms with Crippen molar-refractivity contribution in [2.24, 2.45) is 0 Å². The van der Waals surface area contributed by atoms with Crippen LogP contribution in [0, 0.1) is 0 Å². The number of methoxy groups -OCH3 is 1. The maximum Gasteiger partial charge on any atom is 0.338 e. The second kappa shape index (κ2) is 8.18. The molecule has 2 heterocycles. The van der Waals surface area contributed by atoms with Crippen LogP contribution in [0.25, 0.3) is 0 Å². The topological polar surface area (TPSA) is 80.3 Å². The number of carbonyl (C=O) groups excluding carboxylic acids is 2. The van der Waals surface area contributed by atoms with Crippen molar-refractivity contribution in [2.45, 2.75) is 44.1 Å². The van der Waals surface area contributed by atoms with Crippen molar-refractivity contribution >= 4 is 11.9 Å². The molecule has 0 saturated carbocycles. The van der Waals surface area contributed by atoms with Gasteiger partial charge in [-0.05, 0) is 43.7 Å². The van der Waals surface area contributed by atoms with E-state index in [1.54, 1.807) is 48.5 Å². The molecule has 7 nitrogen and oxygen atoms in total. The highest BCUT2D eigenvalue weighted by atomic mass is 16.8. The first-order chi connectivity index (χ1) is 14.4. The molecule has 0 bridgehead atoms. The van der Waals surface area contributed by atoms with Gasteiger partial charge in [0.1, 0.15) is 31.0 Å². The van der Waals surface area contributed by atoms with Crippen LogP contribution in [0.15, 0.2) is 54.6 Å². The first-order valence-electron chi connectivity index (χ1n) is 9.79. The number of rotatable bonds is 5. The summed E-state index contributed by atoms with van der Waals surface area (Å²) in [6.45, 7) is 3.73. The summed E-state index contributed by atoms with van der Waals surface area (Å²) in [5.74, 6) is -1.59. The fourth-order valence-corrected chi connectivity index (χ4v) is 3.83. The molecule has 0 aliphatic carbocycles. The SMILES string of the molecule is COC(=O)c1ccc([C@@H]2O[C@H](COC(=O)c3ccccc3)[C@H]3OC(C)(C)O[C@H]32)cc1. The summed E-state index contributed by atoms with van der Waals surface area (Å²) >= 11 is 0. The van der Waals surface area contributed by atoms with Gasteiger partial charge in [0.25, 0.3) is 0 Å². The largest absolute Gasteiger partial charge is 0.465 e. The second-order valence-electron chi connectivity index (χ2n) is 7.74. The third-order valence-corrected chi connectivity index (χ3v) is 5.20. The summed E-state index contributed by atoms with van der Waals surface area (Å²) < 4.78 is 28.5. The summed E-state index contributed by atoms with van der Waals surface area (Å²) in [7, 11) is 1.34. The van der Waals surface area contributed by atoms with E-state index in [0.717, 1.165) is 5.56 Å². The molecule has 2 aromatic rings. The minimum Gasteiger partial charge on any atom is -0.465 e. The molecule has 4 atom stereocenters. The van der Waals surface area contributed by atoms with E-state index in [1.165, 1.54) is 7.11 Å². The van der Waals surface area contributed by atoms with Crippen LogP contribution in [-0.4, -0.2) is 49.8 Å². The van der Waals surface area contributed by atoms with E-state index in [0.29, 0.717) is 11.1 Å². The second-order valence-corrected chi connectivity index (χ2v) is 7.74. The van der Waals surface area contributed by atoms with E-state index in [9.17, 15) is 9.59 Å². The minimum absolute atomic E-state index is 0.0467. The Morgan fingerprint density at radius 2 is 1.53 bits per heavy atom. The average Bonchev–Trinajstić information content (AvgIpc) is 3.25. The van der Waals surface area contributed by atoms with E-state index in [4.69, 9.17) is 23.7 Å². The lowest BCUT2D eigenvalue weighted by molar-refractivity contribution is -0.191. The van der Waals surface area contributed by atoms with Gasteiger partial charge in [0.15, 0.2) is 5.79 Å². The number of ether oxygens (including phenoxy) is 5. The lowest BCUT2D eigenvalue weighted by Crippen LogP contribution is -2.33. The van der Waals surface area contributed by atoms with Crippen molar-refractivity contribution in [3.05, 3.63) is 71.3 Å². The predicted molar refractivity (Wildman–Crippen MR) is 106 cm³/mol. The number of benzene rings is 2. The van der Waals surface area contributed by atoms with Crippen LogP contribution in [0.2, 0.25) is 0 Å². The summed E-state index contributed by atoms with van der Waals surface area (Å²) in [5, 5.41) is 0. The highest BCUT2D eigenvalue weighted by Crippen LogP contribution is 2.45. The number of fused-ring (bicyclic) bond motifs is 1. The van der Waals surface area contributed by atoms with Gasteiger partial charge in [-0.3, -0.25) is 0 Å². The normalized spacial score (nSPS) is 26.8. The Kier molecular flexibility index (Phi) is 5.60. The predicted octanol–water partition coefficient (Wildman–Crippen LogP) is 3.29. The fraction of sp³-hybridized carbons (Fsp3) is 0.391. The molecule has 158 valence electrons. The van der Waals surface area contributed by atoms with Crippen molar-refractivity contribution in [3.63, 3.8) is 0 Å². The molecule has 2 aromatic carbocycles. The number of esters is 2. The molecule has 7 heteroatoms. The monoisotopic (exact) mass is 412 g/mol. The van der Waals surface area contributed by atoms with Crippen LogP contribution in [0.1, 0.15) is 46.2 Å². The summed E-state index contributed by atoms with van der Waals surface area (Å²) in [4.78, 5) is 24.0. The van der Waals surface area contributed by atoms with Crippen molar-refractivity contribution in [3.8, 4) is 0 Å². The Morgan fingerprint density at radius 1 is 0.900 bits per heavy atom. The molecule has 0 spiro atoms. The van der Waals surface area contributed by atoms with E-state index in [2.05, 4.69) is 0 Å². The molecule has 0 unspecified atom stereocenters. The van der Waals surface area contributed by atoms with Gasteiger partial charge in [0, 0.05) is 0 Å². The quantitative estimate of drug-likeness (QED) is 0.697. The van der Waals surface area contributed by atoms with Gasteiger partial charge in [-0.15, -0.1) is 0 Å². The van der Waals surface area contributed by atoms with Crippen LogP contribution in [0.4, 0.5) is 0 Å². The zero-order valence-electron chi connectivity index (χ0n) is 17.1. The lowest BCUT2D eigenvalue weighted by atomic mass is 10.0. The number of carbonyl (C=O) groups is 2. The molecular formula is C23H24O7. The molecule has 4 rings (SSSR count). The third-order valence-electron chi connectivity index (χ3n) is 5.20. The van der Waals surface area contributed by atoms with Crippen LogP contribution < -0.4 is 0 Å². The Hall–Kier alpha value is -2.74. The first-order valence-corrected chi connectivity index (χ1v) is 9.79. The summed E-state index contributed by atoms with van der Waals surface area (Å²) in [6, 6.07) is 15.8.